The number of thioether (sulfide) groups is 2. The highest BCUT2D eigenvalue weighted by molar-refractivity contribution is 8.06. The van der Waals surface area contributed by atoms with E-state index < -0.39 is 0 Å². The van der Waals surface area contributed by atoms with E-state index in [0.717, 1.165) is 23.7 Å². The van der Waals surface area contributed by atoms with Crippen molar-refractivity contribution >= 4 is 23.5 Å². The van der Waals surface area contributed by atoms with Crippen molar-refractivity contribution in [3.8, 4) is 0 Å². The first-order valence-corrected chi connectivity index (χ1v) is 9.57. The number of hydrogen-bond donors (Lipinski definition) is 2. The van der Waals surface area contributed by atoms with Gasteiger partial charge >= 0.3 is 0 Å². The van der Waals surface area contributed by atoms with E-state index in [1.165, 1.54) is 5.75 Å². The predicted octanol–water partition coefficient (Wildman–Crippen LogP) is 2.96. The molecule has 1 fully saturated rings. The van der Waals surface area contributed by atoms with Gasteiger partial charge in [0.15, 0.2) is 0 Å². The highest BCUT2D eigenvalue weighted by Crippen LogP contribution is 2.42. The molecule has 1 aliphatic heterocycles. The number of aromatic amines is 1. The minimum atomic E-state index is -0.0447. The van der Waals surface area contributed by atoms with E-state index in [9.17, 15) is 4.79 Å². The van der Waals surface area contributed by atoms with Gasteiger partial charge in [0.2, 0.25) is 0 Å². The Hall–Kier alpha value is -0.460. The van der Waals surface area contributed by atoms with Gasteiger partial charge in [0.25, 0.3) is 5.56 Å². The summed E-state index contributed by atoms with van der Waals surface area (Å²) in [5.74, 6) is 3.16. The minimum Gasteiger partial charge on any atom is -0.310 e. The molecule has 21 heavy (non-hydrogen) atoms. The molecule has 118 valence electrons. The van der Waals surface area contributed by atoms with E-state index >= 15 is 0 Å². The molecule has 1 aromatic rings. The van der Waals surface area contributed by atoms with Crippen molar-refractivity contribution in [2.45, 2.75) is 56.7 Å². The first-order chi connectivity index (χ1) is 9.89. The molecular weight excluding hydrogens is 302 g/mol. The van der Waals surface area contributed by atoms with Gasteiger partial charge in [0, 0.05) is 34.9 Å². The van der Waals surface area contributed by atoms with Crippen LogP contribution >= 0.6 is 23.5 Å². The van der Waals surface area contributed by atoms with Crippen LogP contribution in [-0.2, 0) is 6.54 Å². The van der Waals surface area contributed by atoms with Crippen LogP contribution in [0, 0.1) is 0 Å². The molecule has 6 heteroatoms. The summed E-state index contributed by atoms with van der Waals surface area (Å²) < 4.78 is 0. The van der Waals surface area contributed by atoms with Crippen LogP contribution in [0.5, 0.6) is 0 Å². The Labute approximate surface area is 135 Å². The van der Waals surface area contributed by atoms with Gasteiger partial charge in [0.1, 0.15) is 5.82 Å². The van der Waals surface area contributed by atoms with Crippen molar-refractivity contribution in [1.29, 1.82) is 0 Å². The molecule has 0 amide bonds. The number of H-pyrrole nitrogens is 1. The molecule has 1 aromatic heterocycles. The Balaban J connectivity index is 2.19. The molecule has 0 radical (unpaired) electrons. The molecule has 2 heterocycles. The molecule has 0 bridgehead atoms. The molecule has 2 N–H and O–H groups in total. The smallest absolute Gasteiger partial charge is 0.251 e. The zero-order valence-electron chi connectivity index (χ0n) is 13.2. The summed E-state index contributed by atoms with van der Waals surface area (Å²) in [6.07, 6.45) is 1.11. The highest BCUT2D eigenvalue weighted by Gasteiger charge is 2.28. The number of rotatable bonds is 4. The molecule has 2 unspecified atom stereocenters. The Morgan fingerprint density at radius 2 is 2.10 bits per heavy atom. The third-order valence-electron chi connectivity index (χ3n) is 3.34. The van der Waals surface area contributed by atoms with E-state index in [-0.39, 0.29) is 11.1 Å². The summed E-state index contributed by atoms with van der Waals surface area (Å²) in [5.41, 5.74) is 0.803. The van der Waals surface area contributed by atoms with Gasteiger partial charge in [-0.05, 0) is 27.2 Å². The molecule has 2 rings (SSSR count). The fraction of sp³-hybridized carbons (Fsp3) is 0.733. The van der Waals surface area contributed by atoms with E-state index in [1.807, 2.05) is 23.5 Å². The van der Waals surface area contributed by atoms with Crippen LogP contribution < -0.4 is 10.9 Å². The minimum absolute atomic E-state index is 0.0197. The number of nitrogens with one attached hydrogen (secondary N) is 2. The summed E-state index contributed by atoms with van der Waals surface area (Å²) in [6, 6.07) is 1.60. The second-order valence-corrected chi connectivity index (χ2v) is 8.93. The lowest BCUT2D eigenvalue weighted by Crippen LogP contribution is -2.36. The average molecular weight is 328 g/mol. The summed E-state index contributed by atoms with van der Waals surface area (Å²) >= 11 is 3.91. The van der Waals surface area contributed by atoms with Crippen molar-refractivity contribution in [3.05, 3.63) is 27.9 Å². The maximum absolute atomic E-state index is 11.9. The topological polar surface area (TPSA) is 57.8 Å². The Morgan fingerprint density at radius 1 is 1.38 bits per heavy atom. The number of nitrogens with zero attached hydrogens (tertiary/aromatic N) is 1. The van der Waals surface area contributed by atoms with Crippen molar-refractivity contribution < 1.29 is 0 Å². The van der Waals surface area contributed by atoms with Gasteiger partial charge < -0.3 is 10.3 Å². The third kappa shape index (κ3) is 5.04. The lowest BCUT2D eigenvalue weighted by molar-refractivity contribution is 0.420. The van der Waals surface area contributed by atoms with Gasteiger partial charge in [-0.25, -0.2) is 4.98 Å². The fourth-order valence-corrected chi connectivity index (χ4v) is 5.28. The van der Waals surface area contributed by atoms with Gasteiger partial charge in [-0.1, -0.05) is 6.92 Å². The Kier molecular flexibility index (Phi) is 5.80. The quantitative estimate of drug-likeness (QED) is 0.890. The Morgan fingerprint density at radius 3 is 2.76 bits per heavy atom. The zero-order valence-corrected chi connectivity index (χ0v) is 14.9. The van der Waals surface area contributed by atoms with Crippen LogP contribution in [-0.4, -0.2) is 32.3 Å². The van der Waals surface area contributed by atoms with Crippen molar-refractivity contribution in [3.63, 3.8) is 0 Å². The van der Waals surface area contributed by atoms with Crippen LogP contribution in [0.15, 0.2) is 10.9 Å². The van der Waals surface area contributed by atoms with Crippen LogP contribution in [0.3, 0.4) is 0 Å². The lowest BCUT2D eigenvalue weighted by atomic mass is 10.1. The molecule has 0 aliphatic carbocycles. The number of aromatic nitrogens is 2. The first kappa shape index (κ1) is 16.9. The van der Waals surface area contributed by atoms with Crippen LogP contribution in [0.25, 0.3) is 0 Å². The zero-order chi connectivity index (χ0) is 15.5. The second kappa shape index (κ2) is 7.20. The molecular formula is C15H25N3OS2. The van der Waals surface area contributed by atoms with Gasteiger partial charge in [-0.3, -0.25) is 4.79 Å². The van der Waals surface area contributed by atoms with Gasteiger partial charge in [-0.2, -0.15) is 11.8 Å². The second-order valence-electron chi connectivity index (χ2n) is 6.33. The molecule has 0 saturated carbocycles. The lowest BCUT2D eigenvalue weighted by Gasteiger charge is -2.29. The molecule has 1 saturated heterocycles. The number of hydrogen-bond acceptors (Lipinski definition) is 5. The van der Waals surface area contributed by atoms with E-state index in [4.69, 9.17) is 4.98 Å². The van der Waals surface area contributed by atoms with E-state index in [1.54, 1.807) is 6.07 Å². The molecule has 1 aliphatic rings. The molecule has 0 aromatic carbocycles. The third-order valence-corrected chi connectivity index (χ3v) is 6.59. The van der Waals surface area contributed by atoms with E-state index in [2.05, 4.69) is 38.0 Å². The summed E-state index contributed by atoms with van der Waals surface area (Å²) in [7, 11) is 0. The fourth-order valence-electron chi connectivity index (χ4n) is 2.27. The van der Waals surface area contributed by atoms with Crippen LogP contribution in [0.4, 0.5) is 0 Å². The highest BCUT2D eigenvalue weighted by atomic mass is 32.2. The predicted molar refractivity (Wildman–Crippen MR) is 93.2 cm³/mol. The summed E-state index contributed by atoms with van der Waals surface area (Å²) in [5, 5.41) is 4.23. The van der Waals surface area contributed by atoms with Crippen molar-refractivity contribution in [2.24, 2.45) is 0 Å². The summed E-state index contributed by atoms with van der Waals surface area (Å²) in [4.78, 5) is 19.6. The van der Waals surface area contributed by atoms with Crippen molar-refractivity contribution in [1.82, 2.24) is 15.3 Å². The SMILES string of the molecule is CCC1SCCSC1c1nc(CNC(C)(C)C)cc(=O)[nH]1. The Bertz CT molecular complexity index is 524. The first-order valence-electron chi connectivity index (χ1n) is 7.47. The van der Waals surface area contributed by atoms with Gasteiger partial charge in [0.05, 0.1) is 10.9 Å². The molecule has 2 atom stereocenters. The normalized spacial score (nSPS) is 23.2. The largest absolute Gasteiger partial charge is 0.310 e. The maximum Gasteiger partial charge on any atom is 0.251 e. The monoisotopic (exact) mass is 327 g/mol. The standard InChI is InChI=1S/C15H25N3OS2/c1-5-11-13(21-7-6-20-11)14-17-10(8-12(19)18-14)9-16-15(2,3)4/h8,11,13,16H,5-7,9H2,1-4H3,(H,17,18,19). The van der Waals surface area contributed by atoms with Crippen molar-refractivity contribution in [2.75, 3.05) is 11.5 Å². The summed E-state index contributed by atoms with van der Waals surface area (Å²) in [6.45, 7) is 9.17. The average Bonchev–Trinajstić information content (AvgIpc) is 2.44. The molecule has 0 spiro atoms. The van der Waals surface area contributed by atoms with Gasteiger partial charge in [-0.15, -0.1) is 11.8 Å². The van der Waals surface area contributed by atoms with Crippen LogP contribution in [0.2, 0.25) is 0 Å². The maximum atomic E-state index is 11.9. The molecule has 4 nitrogen and oxygen atoms in total. The van der Waals surface area contributed by atoms with Crippen LogP contribution in [0.1, 0.15) is 50.9 Å². The van der Waals surface area contributed by atoms with E-state index in [0.29, 0.717) is 17.0 Å².